The van der Waals surface area contributed by atoms with E-state index >= 15 is 0 Å². The van der Waals surface area contributed by atoms with E-state index in [1.165, 1.54) is 6.07 Å². The molecule has 1 aliphatic rings. The number of fused-ring (bicyclic) bond motifs is 1. The summed E-state index contributed by atoms with van der Waals surface area (Å²) in [4.78, 5) is 31.9. The summed E-state index contributed by atoms with van der Waals surface area (Å²) in [5.74, 6) is -0.525. The van der Waals surface area contributed by atoms with E-state index in [9.17, 15) is 9.59 Å². The summed E-state index contributed by atoms with van der Waals surface area (Å²) in [6, 6.07) is 13.6. The average molecular weight is 414 g/mol. The van der Waals surface area contributed by atoms with Crippen LogP contribution in [0.4, 0.5) is 5.69 Å². The highest BCUT2D eigenvalue weighted by Crippen LogP contribution is 2.28. The maximum absolute atomic E-state index is 13.0. The fraction of sp³-hybridized carbons (Fsp3) is 0.190. The van der Waals surface area contributed by atoms with Crippen LogP contribution in [0.2, 0.25) is 10.0 Å². The minimum absolute atomic E-state index is 0.234. The van der Waals surface area contributed by atoms with Gasteiger partial charge in [0.25, 0.3) is 5.91 Å². The molecule has 2 heterocycles. The quantitative estimate of drug-likeness (QED) is 0.671. The number of halogens is 2. The Balaban J connectivity index is 1.58. The molecule has 142 valence electrons. The van der Waals surface area contributed by atoms with E-state index in [4.69, 9.17) is 23.2 Å². The lowest BCUT2D eigenvalue weighted by Crippen LogP contribution is -2.43. The molecule has 7 heteroatoms. The van der Waals surface area contributed by atoms with Gasteiger partial charge in [-0.15, -0.1) is 0 Å². The van der Waals surface area contributed by atoms with Crippen molar-refractivity contribution < 1.29 is 9.59 Å². The molecule has 1 aliphatic heterocycles. The number of hydrogen-bond donors (Lipinski definition) is 1. The molecule has 0 radical (unpaired) electrons. The van der Waals surface area contributed by atoms with Gasteiger partial charge < -0.3 is 10.2 Å². The summed E-state index contributed by atoms with van der Waals surface area (Å²) >= 11 is 12.2. The number of hydrogen-bond acceptors (Lipinski definition) is 3. The van der Waals surface area contributed by atoms with Crippen molar-refractivity contribution in [1.82, 2.24) is 9.88 Å². The molecule has 4 rings (SSSR count). The lowest BCUT2D eigenvalue weighted by molar-refractivity contribution is -0.119. The first-order chi connectivity index (χ1) is 13.5. The van der Waals surface area contributed by atoms with Crippen LogP contribution in [0.15, 0.2) is 54.7 Å². The zero-order chi connectivity index (χ0) is 19.7. The number of anilines is 1. The minimum atomic E-state index is -0.568. The van der Waals surface area contributed by atoms with E-state index in [2.05, 4.69) is 10.3 Å². The SMILES string of the molecule is O=C(Nc1cccc2cccnc12)C1CCCN1C(=O)c1cc(Cl)ccc1Cl. The molecular weight excluding hydrogens is 397 g/mol. The topological polar surface area (TPSA) is 62.3 Å². The van der Waals surface area contributed by atoms with Crippen LogP contribution in [0.25, 0.3) is 10.9 Å². The number of benzene rings is 2. The molecule has 1 aromatic heterocycles. The Labute approximate surface area is 172 Å². The maximum Gasteiger partial charge on any atom is 0.256 e. The van der Waals surface area contributed by atoms with E-state index in [0.717, 1.165) is 11.8 Å². The Hall–Kier alpha value is -2.63. The smallest absolute Gasteiger partial charge is 0.256 e. The van der Waals surface area contributed by atoms with Crippen molar-refractivity contribution in [3.05, 3.63) is 70.3 Å². The standard InChI is InChI=1S/C21H17Cl2N3O2/c22-14-8-9-16(23)15(12-14)21(28)26-11-3-7-18(26)20(27)25-17-6-1-4-13-5-2-10-24-19(13)17/h1-2,4-6,8-10,12,18H,3,7,11H2,(H,25,27). The molecule has 0 saturated carbocycles. The van der Waals surface area contributed by atoms with Crippen LogP contribution in [0.5, 0.6) is 0 Å². The summed E-state index contributed by atoms with van der Waals surface area (Å²) in [5, 5.41) is 4.61. The molecule has 1 saturated heterocycles. The van der Waals surface area contributed by atoms with E-state index in [0.29, 0.717) is 39.8 Å². The first-order valence-corrected chi connectivity index (χ1v) is 9.71. The Morgan fingerprint density at radius 1 is 1.11 bits per heavy atom. The summed E-state index contributed by atoms with van der Waals surface area (Å²) in [7, 11) is 0. The van der Waals surface area contributed by atoms with Gasteiger partial charge in [-0.05, 0) is 43.2 Å². The second kappa shape index (κ2) is 7.78. The molecule has 0 bridgehead atoms. The van der Waals surface area contributed by atoms with Gasteiger partial charge in [-0.2, -0.15) is 0 Å². The number of carbonyl (C=O) groups excluding carboxylic acids is 2. The molecular formula is C21H17Cl2N3O2. The van der Waals surface area contributed by atoms with Gasteiger partial charge in [0.15, 0.2) is 0 Å². The highest BCUT2D eigenvalue weighted by atomic mass is 35.5. The number of likely N-dealkylation sites (tertiary alicyclic amines) is 1. The number of aromatic nitrogens is 1. The zero-order valence-corrected chi connectivity index (χ0v) is 16.4. The molecule has 28 heavy (non-hydrogen) atoms. The highest BCUT2D eigenvalue weighted by Gasteiger charge is 2.35. The van der Waals surface area contributed by atoms with Crippen molar-refractivity contribution in [2.75, 3.05) is 11.9 Å². The second-order valence-electron chi connectivity index (χ2n) is 6.65. The van der Waals surface area contributed by atoms with Crippen molar-refractivity contribution in [1.29, 1.82) is 0 Å². The lowest BCUT2D eigenvalue weighted by atomic mass is 10.1. The first-order valence-electron chi connectivity index (χ1n) is 8.95. The van der Waals surface area contributed by atoms with Gasteiger partial charge in [0, 0.05) is 23.2 Å². The van der Waals surface area contributed by atoms with Crippen LogP contribution in [0.1, 0.15) is 23.2 Å². The van der Waals surface area contributed by atoms with Gasteiger partial charge in [-0.25, -0.2) is 0 Å². The number of nitrogens with zero attached hydrogens (tertiary/aromatic N) is 2. The van der Waals surface area contributed by atoms with Gasteiger partial charge in [-0.1, -0.05) is 41.4 Å². The Morgan fingerprint density at radius 3 is 2.79 bits per heavy atom. The van der Waals surface area contributed by atoms with Crippen LogP contribution in [-0.4, -0.2) is 34.3 Å². The largest absolute Gasteiger partial charge is 0.327 e. The van der Waals surface area contributed by atoms with Gasteiger partial charge >= 0.3 is 0 Å². The van der Waals surface area contributed by atoms with E-state index < -0.39 is 6.04 Å². The first kappa shape index (κ1) is 18.7. The van der Waals surface area contributed by atoms with E-state index in [1.54, 1.807) is 23.2 Å². The van der Waals surface area contributed by atoms with Crippen molar-refractivity contribution in [3.8, 4) is 0 Å². The number of pyridine rings is 1. The third kappa shape index (κ3) is 3.55. The van der Waals surface area contributed by atoms with Crippen LogP contribution >= 0.6 is 23.2 Å². The molecule has 1 N–H and O–H groups in total. The van der Waals surface area contributed by atoms with Crippen molar-refractivity contribution >= 4 is 51.6 Å². The monoisotopic (exact) mass is 413 g/mol. The number of amides is 2. The van der Waals surface area contributed by atoms with Crippen molar-refractivity contribution in [2.24, 2.45) is 0 Å². The van der Waals surface area contributed by atoms with Crippen LogP contribution < -0.4 is 5.32 Å². The highest BCUT2D eigenvalue weighted by molar-refractivity contribution is 6.35. The number of para-hydroxylation sites is 1. The van der Waals surface area contributed by atoms with Gasteiger partial charge in [-0.3, -0.25) is 14.6 Å². The van der Waals surface area contributed by atoms with Gasteiger partial charge in [0.05, 0.1) is 21.8 Å². The Kier molecular flexibility index (Phi) is 5.20. The van der Waals surface area contributed by atoms with Crippen LogP contribution in [0.3, 0.4) is 0 Å². The third-order valence-corrected chi connectivity index (χ3v) is 5.43. The molecule has 1 fully saturated rings. The van der Waals surface area contributed by atoms with Gasteiger partial charge in [0.1, 0.15) is 6.04 Å². The number of carbonyl (C=O) groups is 2. The summed E-state index contributed by atoms with van der Waals surface area (Å²) in [6.45, 7) is 0.494. The molecule has 3 aromatic rings. The fourth-order valence-corrected chi connectivity index (χ4v) is 3.89. The predicted octanol–water partition coefficient (Wildman–Crippen LogP) is 4.78. The number of rotatable bonds is 3. The summed E-state index contributed by atoms with van der Waals surface area (Å²) in [6.07, 6.45) is 3.02. The second-order valence-corrected chi connectivity index (χ2v) is 7.49. The predicted molar refractivity (Wildman–Crippen MR) is 111 cm³/mol. The molecule has 0 aliphatic carbocycles. The molecule has 1 unspecified atom stereocenters. The molecule has 1 atom stereocenters. The van der Waals surface area contributed by atoms with E-state index in [-0.39, 0.29) is 11.8 Å². The lowest BCUT2D eigenvalue weighted by Gasteiger charge is -2.24. The van der Waals surface area contributed by atoms with Crippen LogP contribution in [0, 0.1) is 0 Å². The Morgan fingerprint density at radius 2 is 1.93 bits per heavy atom. The van der Waals surface area contributed by atoms with Crippen molar-refractivity contribution in [3.63, 3.8) is 0 Å². The van der Waals surface area contributed by atoms with Crippen LogP contribution in [-0.2, 0) is 4.79 Å². The summed E-state index contributed by atoms with van der Waals surface area (Å²) < 4.78 is 0. The number of nitrogens with one attached hydrogen (secondary N) is 1. The zero-order valence-electron chi connectivity index (χ0n) is 14.9. The molecule has 5 nitrogen and oxygen atoms in total. The van der Waals surface area contributed by atoms with Crippen molar-refractivity contribution in [2.45, 2.75) is 18.9 Å². The Bertz CT molecular complexity index is 1070. The summed E-state index contributed by atoms with van der Waals surface area (Å²) in [5.41, 5.74) is 1.65. The average Bonchev–Trinajstić information content (AvgIpc) is 3.19. The molecule has 2 aromatic carbocycles. The fourth-order valence-electron chi connectivity index (χ4n) is 3.52. The minimum Gasteiger partial charge on any atom is -0.327 e. The van der Waals surface area contributed by atoms with Gasteiger partial charge in [0.2, 0.25) is 5.91 Å². The maximum atomic E-state index is 13.0. The van der Waals surface area contributed by atoms with E-state index in [1.807, 2.05) is 30.3 Å². The molecule has 0 spiro atoms. The molecule has 2 amide bonds. The third-order valence-electron chi connectivity index (χ3n) is 4.87. The normalized spacial score (nSPS) is 16.4.